The Morgan fingerprint density at radius 2 is 1.95 bits per heavy atom. The molecule has 1 aromatic carbocycles. The zero-order valence-electron chi connectivity index (χ0n) is 12.8. The maximum absolute atomic E-state index is 12.9. The van der Waals surface area contributed by atoms with Crippen LogP contribution < -0.4 is 5.32 Å². The van der Waals surface area contributed by atoms with Gasteiger partial charge in [0.1, 0.15) is 0 Å². The van der Waals surface area contributed by atoms with Gasteiger partial charge in [-0.25, -0.2) is 8.42 Å². The van der Waals surface area contributed by atoms with Crippen molar-refractivity contribution >= 4 is 9.84 Å². The number of sulfone groups is 1. The number of aryl methyl sites for hydroxylation is 2. The predicted octanol–water partition coefficient (Wildman–Crippen LogP) is 2.85. The van der Waals surface area contributed by atoms with Gasteiger partial charge in [-0.3, -0.25) is 0 Å². The molecule has 3 unspecified atom stereocenters. The molecule has 0 radical (unpaired) electrons. The van der Waals surface area contributed by atoms with Crippen molar-refractivity contribution in [3.63, 3.8) is 0 Å². The van der Waals surface area contributed by atoms with Crippen molar-refractivity contribution < 1.29 is 8.42 Å². The minimum atomic E-state index is -3.23. The van der Waals surface area contributed by atoms with E-state index in [1.807, 2.05) is 32.0 Å². The molecule has 4 heteroatoms. The van der Waals surface area contributed by atoms with E-state index in [1.165, 1.54) is 0 Å². The van der Waals surface area contributed by atoms with Crippen molar-refractivity contribution in [1.82, 2.24) is 5.32 Å². The first-order valence-corrected chi connectivity index (χ1v) is 8.97. The van der Waals surface area contributed by atoms with Crippen LogP contribution in [0.25, 0.3) is 0 Å². The molecule has 0 aromatic heterocycles. The Hall–Kier alpha value is -0.870. The average molecular weight is 295 g/mol. The van der Waals surface area contributed by atoms with E-state index in [0.29, 0.717) is 10.9 Å². The van der Waals surface area contributed by atoms with Crippen LogP contribution >= 0.6 is 0 Å². The molecule has 20 heavy (non-hydrogen) atoms. The van der Waals surface area contributed by atoms with Gasteiger partial charge >= 0.3 is 0 Å². The van der Waals surface area contributed by atoms with Gasteiger partial charge in [0.2, 0.25) is 0 Å². The molecular formula is C16H25NO2S. The molecule has 1 saturated carbocycles. The summed E-state index contributed by atoms with van der Waals surface area (Å²) in [4.78, 5) is 0.520. The Morgan fingerprint density at radius 1 is 1.25 bits per heavy atom. The van der Waals surface area contributed by atoms with Crippen LogP contribution in [0.4, 0.5) is 0 Å². The van der Waals surface area contributed by atoms with Crippen LogP contribution in [0.3, 0.4) is 0 Å². The van der Waals surface area contributed by atoms with Crippen molar-refractivity contribution in [2.45, 2.75) is 56.7 Å². The van der Waals surface area contributed by atoms with Crippen molar-refractivity contribution in [2.24, 2.45) is 5.92 Å². The van der Waals surface area contributed by atoms with Gasteiger partial charge in [0.05, 0.1) is 10.1 Å². The number of rotatable bonds is 4. The maximum atomic E-state index is 12.9. The third-order valence-corrected chi connectivity index (χ3v) is 7.01. The fourth-order valence-corrected chi connectivity index (χ4v) is 5.69. The highest BCUT2D eigenvalue weighted by Gasteiger charge is 2.41. The molecule has 3 nitrogen and oxygen atoms in total. The molecule has 1 aliphatic carbocycles. The van der Waals surface area contributed by atoms with Crippen molar-refractivity contribution in [3.8, 4) is 0 Å². The fourth-order valence-electron chi connectivity index (χ4n) is 3.29. The monoisotopic (exact) mass is 295 g/mol. The van der Waals surface area contributed by atoms with Gasteiger partial charge in [-0.2, -0.15) is 0 Å². The predicted molar refractivity (Wildman–Crippen MR) is 82.8 cm³/mol. The Morgan fingerprint density at radius 3 is 2.60 bits per heavy atom. The molecule has 112 valence electrons. The highest BCUT2D eigenvalue weighted by molar-refractivity contribution is 7.92. The van der Waals surface area contributed by atoms with Gasteiger partial charge in [0.25, 0.3) is 0 Å². The van der Waals surface area contributed by atoms with Crippen molar-refractivity contribution in [2.75, 3.05) is 6.54 Å². The lowest BCUT2D eigenvalue weighted by Gasteiger charge is -2.22. The summed E-state index contributed by atoms with van der Waals surface area (Å²) in [6.07, 6.45) is 1.71. The summed E-state index contributed by atoms with van der Waals surface area (Å²) < 4.78 is 25.9. The molecule has 1 aliphatic rings. The molecule has 0 aliphatic heterocycles. The highest BCUT2D eigenvalue weighted by Crippen LogP contribution is 2.35. The summed E-state index contributed by atoms with van der Waals surface area (Å²) in [6, 6.07) is 6.01. The SMILES string of the molecule is CCNC1CCC(S(=O)(=O)c2cc(C)ccc2C)C1C. The van der Waals surface area contributed by atoms with Gasteiger partial charge in [0.15, 0.2) is 9.84 Å². The van der Waals surface area contributed by atoms with Crippen LogP contribution in [0.5, 0.6) is 0 Å². The lowest BCUT2D eigenvalue weighted by atomic mass is 10.1. The summed E-state index contributed by atoms with van der Waals surface area (Å²) in [5.41, 5.74) is 1.86. The first kappa shape index (κ1) is 15.5. The Balaban J connectivity index is 2.34. The third-order valence-electron chi connectivity index (χ3n) is 4.50. The Bertz CT molecular complexity index is 580. The normalized spacial score (nSPS) is 26.9. The van der Waals surface area contributed by atoms with Crippen LogP contribution in [0, 0.1) is 19.8 Å². The first-order chi connectivity index (χ1) is 9.37. The zero-order valence-corrected chi connectivity index (χ0v) is 13.6. The van der Waals surface area contributed by atoms with E-state index in [0.717, 1.165) is 30.5 Å². The van der Waals surface area contributed by atoms with Crippen LogP contribution in [0.15, 0.2) is 23.1 Å². The lowest BCUT2D eigenvalue weighted by molar-refractivity contribution is 0.433. The summed E-state index contributed by atoms with van der Waals surface area (Å²) in [5.74, 6) is 0.167. The second-order valence-corrected chi connectivity index (χ2v) is 8.09. The molecule has 0 amide bonds. The molecule has 0 heterocycles. The number of hydrogen-bond donors (Lipinski definition) is 1. The van der Waals surface area contributed by atoms with Crippen LogP contribution in [0.1, 0.15) is 37.8 Å². The van der Waals surface area contributed by atoms with E-state index in [-0.39, 0.29) is 11.2 Å². The van der Waals surface area contributed by atoms with Gasteiger partial charge in [-0.15, -0.1) is 0 Å². The topological polar surface area (TPSA) is 46.2 Å². The summed E-state index contributed by atoms with van der Waals surface area (Å²) in [5, 5.41) is 3.15. The molecule has 1 aromatic rings. The molecule has 1 N–H and O–H groups in total. The quantitative estimate of drug-likeness (QED) is 0.929. The summed E-state index contributed by atoms with van der Waals surface area (Å²) in [7, 11) is -3.23. The molecule has 0 bridgehead atoms. The number of hydrogen-bond acceptors (Lipinski definition) is 3. The van der Waals surface area contributed by atoms with Crippen LogP contribution in [0.2, 0.25) is 0 Å². The Labute approximate surface area is 122 Å². The van der Waals surface area contributed by atoms with Crippen molar-refractivity contribution in [1.29, 1.82) is 0 Å². The average Bonchev–Trinajstić information content (AvgIpc) is 2.75. The second-order valence-electron chi connectivity index (χ2n) is 5.95. The second kappa shape index (κ2) is 5.86. The highest BCUT2D eigenvalue weighted by atomic mass is 32.2. The van der Waals surface area contributed by atoms with Crippen LogP contribution in [-0.2, 0) is 9.84 Å². The molecule has 1 fully saturated rings. The van der Waals surface area contributed by atoms with E-state index in [2.05, 4.69) is 19.2 Å². The molecule has 3 atom stereocenters. The van der Waals surface area contributed by atoms with E-state index >= 15 is 0 Å². The van der Waals surface area contributed by atoms with Gasteiger partial charge < -0.3 is 5.32 Å². The smallest absolute Gasteiger partial charge is 0.181 e. The molecular weight excluding hydrogens is 270 g/mol. The van der Waals surface area contributed by atoms with E-state index in [9.17, 15) is 8.42 Å². The Kier molecular flexibility index (Phi) is 4.55. The molecule has 2 rings (SSSR count). The van der Waals surface area contributed by atoms with Gasteiger partial charge in [0, 0.05) is 6.04 Å². The lowest BCUT2D eigenvalue weighted by Crippen LogP contribution is -2.36. The number of nitrogens with one attached hydrogen (secondary N) is 1. The van der Waals surface area contributed by atoms with E-state index in [1.54, 1.807) is 0 Å². The maximum Gasteiger partial charge on any atom is 0.181 e. The first-order valence-electron chi connectivity index (χ1n) is 7.42. The fraction of sp³-hybridized carbons (Fsp3) is 0.625. The van der Waals surface area contributed by atoms with Gasteiger partial charge in [-0.1, -0.05) is 26.0 Å². The largest absolute Gasteiger partial charge is 0.314 e. The van der Waals surface area contributed by atoms with Crippen LogP contribution in [-0.4, -0.2) is 26.3 Å². The van der Waals surface area contributed by atoms with Gasteiger partial charge in [-0.05, 0) is 56.3 Å². The number of benzene rings is 1. The standard InChI is InChI=1S/C16H25NO2S/c1-5-17-14-8-9-15(13(14)4)20(18,19)16-10-11(2)6-7-12(16)3/h6-7,10,13-15,17H,5,8-9H2,1-4H3. The minimum Gasteiger partial charge on any atom is -0.314 e. The minimum absolute atomic E-state index is 0.167. The molecule has 0 spiro atoms. The summed E-state index contributed by atoms with van der Waals surface area (Å²) in [6.45, 7) is 8.85. The van der Waals surface area contributed by atoms with E-state index in [4.69, 9.17) is 0 Å². The third kappa shape index (κ3) is 2.77. The van der Waals surface area contributed by atoms with Crippen molar-refractivity contribution in [3.05, 3.63) is 29.3 Å². The van der Waals surface area contributed by atoms with E-state index < -0.39 is 9.84 Å². The molecule has 0 saturated heterocycles. The zero-order chi connectivity index (χ0) is 14.9. The summed E-state index contributed by atoms with van der Waals surface area (Å²) >= 11 is 0.